The lowest BCUT2D eigenvalue weighted by molar-refractivity contribution is -0.127. The summed E-state index contributed by atoms with van der Waals surface area (Å²) in [5.41, 5.74) is 4.42. The Morgan fingerprint density at radius 1 is 1.11 bits per heavy atom. The highest BCUT2D eigenvalue weighted by Crippen LogP contribution is 2.26. The number of hydrogen-bond acceptors (Lipinski definition) is 4. The smallest absolute Gasteiger partial charge is 0.261 e. The van der Waals surface area contributed by atoms with Crippen molar-refractivity contribution in [3.8, 4) is 16.3 Å². The Morgan fingerprint density at radius 2 is 1.82 bits per heavy atom. The Balaban J connectivity index is 1.54. The van der Waals surface area contributed by atoms with Crippen molar-refractivity contribution in [3.05, 3.63) is 70.7 Å². The predicted molar refractivity (Wildman–Crippen MR) is 115 cm³/mol. The molecule has 4 nitrogen and oxygen atoms in total. The molecule has 28 heavy (non-hydrogen) atoms. The first-order valence-electron chi connectivity index (χ1n) is 9.48. The molecule has 0 saturated heterocycles. The van der Waals surface area contributed by atoms with E-state index in [9.17, 15) is 4.79 Å². The minimum absolute atomic E-state index is 0.154. The number of nitrogens with one attached hydrogen (secondary N) is 1. The van der Waals surface area contributed by atoms with Crippen LogP contribution in [-0.4, -0.2) is 17.0 Å². The third-order valence-electron chi connectivity index (χ3n) is 4.60. The standard InChI is InChI=1S/C23H26N2O2S/c1-15(2)18-9-11-20(12-10-18)27-17(4)22(26)24-13-19-14-28-23(25-19)21-8-6-5-7-16(21)3/h5-12,14-15,17H,13H2,1-4H3,(H,24,26). The van der Waals surface area contributed by atoms with E-state index in [0.29, 0.717) is 18.2 Å². The number of carbonyl (C=O) groups is 1. The highest BCUT2D eigenvalue weighted by Gasteiger charge is 2.15. The summed E-state index contributed by atoms with van der Waals surface area (Å²) in [6.45, 7) is 8.52. The third-order valence-corrected chi connectivity index (χ3v) is 5.52. The van der Waals surface area contributed by atoms with Crippen LogP contribution in [0.15, 0.2) is 53.9 Å². The van der Waals surface area contributed by atoms with Crippen molar-refractivity contribution in [1.82, 2.24) is 10.3 Å². The molecule has 0 aliphatic rings. The van der Waals surface area contributed by atoms with E-state index in [-0.39, 0.29) is 5.91 Å². The fourth-order valence-electron chi connectivity index (χ4n) is 2.84. The van der Waals surface area contributed by atoms with Gasteiger partial charge in [-0.1, -0.05) is 50.2 Å². The number of hydrogen-bond donors (Lipinski definition) is 1. The van der Waals surface area contributed by atoms with Gasteiger partial charge >= 0.3 is 0 Å². The van der Waals surface area contributed by atoms with Gasteiger partial charge in [-0.05, 0) is 43.0 Å². The van der Waals surface area contributed by atoms with Gasteiger partial charge in [0, 0.05) is 10.9 Å². The van der Waals surface area contributed by atoms with Gasteiger partial charge < -0.3 is 10.1 Å². The van der Waals surface area contributed by atoms with Gasteiger partial charge in [0.1, 0.15) is 10.8 Å². The van der Waals surface area contributed by atoms with Crippen LogP contribution in [0, 0.1) is 6.92 Å². The van der Waals surface area contributed by atoms with Gasteiger partial charge in [-0.2, -0.15) is 0 Å². The third kappa shape index (κ3) is 4.98. The van der Waals surface area contributed by atoms with Gasteiger partial charge in [-0.3, -0.25) is 4.79 Å². The average molecular weight is 395 g/mol. The molecule has 0 radical (unpaired) electrons. The molecule has 3 rings (SSSR count). The average Bonchev–Trinajstić information content (AvgIpc) is 3.15. The molecule has 0 fully saturated rings. The number of aryl methyl sites for hydroxylation is 1. The van der Waals surface area contributed by atoms with E-state index >= 15 is 0 Å². The van der Waals surface area contributed by atoms with Crippen molar-refractivity contribution in [2.75, 3.05) is 0 Å². The number of nitrogens with zero attached hydrogens (tertiary/aromatic N) is 1. The first-order chi connectivity index (χ1) is 13.4. The Hall–Kier alpha value is -2.66. The summed E-state index contributed by atoms with van der Waals surface area (Å²) in [6, 6.07) is 16.1. The first kappa shape index (κ1) is 20.1. The van der Waals surface area contributed by atoms with E-state index in [1.807, 2.05) is 41.8 Å². The molecule has 1 heterocycles. The van der Waals surface area contributed by atoms with Crippen LogP contribution >= 0.6 is 11.3 Å². The molecule has 1 atom stereocenters. The quantitative estimate of drug-likeness (QED) is 0.589. The van der Waals surface area contributed by atoms with Gasteiger partial charge in [0.05, 0.1) is 12.2 Å². The number of amides is 1. The fraction of sp³-hybridized carbons (Fsp3) is 0.304. The summed E-state index contributed by atoms with van der Waals surface area (Å²) in [4.78, 5) is 17.0. The zero-order valence-electron chi connectivity index (χ0n) is 16.7. The topological polar surface area (TPSA) is 51.2 Å². The van der Waals surface area contributed by atoms with Crippen molar-refractivity contribution in [1.29, 1.82) is 0 Å². The highest BCUT2D eigenvalue weighted by atomic mass is 32.1. The molecule has 2 aromatic carbocycles. The number of carbonyl (C=O) groups excluding carboxylic acids is 1. The zero-order chi connectivity index (χ0) is 20.1. The van der Waals surface area contributed by atoms with Crippen LogP contribution in [0.5, 0.6) is 5.75 Å². The maximum absolute atomic E-state index is 12.4. The number of thiazole rings is 1. The van der Waals surface area contributed by atoms with Gasteiger partial charge in [-0.25, -0.2) is 4.98 Å². The Morgan fingerprint density at radius 3 is 2.50 bits per heavy atom. The normalized spacial score (nSPS) is 12.0. The van der Waals surface area contributed by atoms with Crippen molar-refractivity contribution in [2.24, 2.45) is 0 Å². The molecule has 1 aromatic heterocycles. The lowest BCUT2D eigenvalue weighted by Gasteiger charge is -2.15. The summed E-state index contributed by atoms with van der Waals surface area (Å²) < 4.78 is 5.76. The largest absolute Gasteiger partial charge is 0.481 e. The summed E-state index contributed by atoms with van der Waals surface area (Å²) in [5.74, 6) is 1.01. The second kappa shape index (κ2) is 9.02. The number of aromatic nitrogens is 1. The molecular formula is C23H26N2O2S. The fourth-order valence-corrected chi connectivity index (χ4v) is 3.74. The Kier molecular flexibility index (Phi) is 6.47. The van der Waals surface area contributed by atoms with Crippen LogP contribution in [0.3, 0.4) is 0 Å². The van der Waals surface area contributed by atoms with E-state index in [1.54, 1.807) is 18.3 Å². The molecule has 0 saturated carbocycles. The lowest BCUT2D eigenvalue weighted by atomic mass is 10.0. The maximum atomic E-state index is 12.4. The molecule has 1 N–H and O–H groups in total. The molecule has 0 spiro atoms. The van der Waals surface area contributed by atoms with Crippen LogP contribution in [0.4, 0.5) is 0 Å². The van der Waals surface area contributed by atoms with Crippen LogP contribution in [-0.2, 0) is 11.3 Å². The molecule has 1 unspecified atom stereocenters. The highest BCUT2D eigenvalue weighted by molar-refractivity contribution is 7.13. The molecule has 3 aromatic rings. The van der Waals surface area contributed by atoms with Crippen molar-refractivity contribution >= 4 is 17.2 Å². The van der Waals surface area contributed by atoms with Gasteiger partial charge in [0.25, 0.3) is 5.91 Å². The molecule has 146 valence electrons. The zero-order valence-corrected chi connectivity index (χ0v) is 17.5. The summed E-state index contributed by atoms with van der Waals surface area (Å²) in [7, 11) is 0. The Bertz CT molecular complexity index is 932. The van der Waals surface area contributed by atoms with E-state index in [0.717, 1.165) is 16.3 Å². The minimum Gasteiger partial charge on any atom is -0.481 e. The SMILES string of the molecule is Cc1ccccc1-c1nc(CNC(=O)C(C)Oc2ccc(C(C)C)cc2)cs1. The van der Waals surface area contributed by atoms with E-state index in [4.69, 9.17) is 4.74 Å². The summed E-state index contributed by atoms with van der Waals surface area (Å²) in [5, 5.41) is 5.86. The van der Waals surface area contributed by atoms with E-state index in [2.05, 4.69) is 43.2 Å². The first-order valence-corrected chi connectivity index (χ1v) is 10.4. The summed E-state index contributed by atoms with van der Waals surface area (Å²) >= 11 is 1.59. The predicted octanol–water partition coefficient (Wildman–Crippen LogP) is 5.33. The lowest BCUT2D eigenvalue weighted by Crippen LogP contribution is -2.35. The molecule has 0 aliphatic carbocycles. The van der Waals surface area contributed by atoms with Crippen molar-refractivity contribution in [2.45, 2.75) is 46.3 Å². The molecule has 5 heteroatoms. The molecular weight excluding hydrogens is 368 g/mol. The van der Waals surface area contributed by atoms with Crippen LogP contribution in [0.2, 0.25) is 0 Å². The Labute approximate surface area is 170 Å². The van der Waals surface area contributed by atoms with Crippen LogP contribution in [0.25, 0.3) is 10.6 Å². The van der Waals surface area contributed by atoms with Gasteiger partial charge in [0.2, 0.25) is 0 Å². The number of rotatable bonds is 7. The molecule has 1 amide bonds. The van der Waals surface area contributed by atoms with E-state index in [1.165, 1.54) is 11.1 Å². The van der Waals surface area contributed by atoms with Crippen LogP contribution in [0.1, 0.15) is 43.5 Å². The minimum atomic E-state index is -0.570. The summed E-state index contributed by atoms with van der Waals surface area (Å²) in [6.07, 6.45) is -0.570. The maximum Gasteiger partial charge on any atom is 0.261 e. The number of benzene rings is 2. The van der Waals surface area contributed by atoms with Gasteiger partial charge in [-0.15, -0.1) is 11.3 Å². The monoisotopic (exact) mass is 394 g/mol. The second-order valence-electron chi connectivity index (χ2n) is 7.16. The second-order valence-corrected chi connectivity index (χ2v) is 8.02. The van der Waals surface area contributed by atoms with Crippen LogP contribution < -0.4 is 10.1 Å². The van der Waals surface area contributed by atoms with E-state index < -0.39 is 6.10 Å². The number of ether oxygens (including phenoxy) is 1. The molecule has 0 aliphatic heterocycles. The van der Waals surface area contributed by atoms with Gasteiger partial charge in [0.15, 0.2) is 6.10 Å². The van der Waals surface area contributed by atoms with Crippen molar-refractivity contribution in [3.63, 3.8) is 0 Å². The van der Waals surface area contributed by atoms with Crippen molar-refractivity contribution < 1.29 is 9.53 Å². The molecule has 0 bridgehead atoms.